The topological polar surface area (TPSA) is 62.7 Å². The Hall–Kier alpha value is -3.38. The lowest BCUT2D eigenvalue weighted by atomic mass is 9.95. The van der Waals surface area contributed by atoms with E-state index in [9.17, 15) is 4.79 Å². The van der Waals surface area contributed by atoms with E-state index in [1.807, 2.05) is 74.0 Å². The number of carbonyl (C=O) groups excluding carboxylic acids is 1. The van der Waals surface area contributed by atoms with E-state index in [2.05, 4.69) is 28.4 Å². The van der Waals surface area contributed by atoms with E-state index < -0.39 is 6.04 Å². The summed E-state index contributed by atoms with van der Waals surface area (Å²) in [6.45, 7) is 2.06. The highest BCUT2D eigenvalue weighted by atomic mass is 35.5. The molecule has 2 atom stereocenters. The van der Waals surface area contributed by atoms with Gasteiger partial charge in [-0.25, -0.2) is 0 Å². The van der Waals surface area contributed by atoms with Crippen molar-refractivity contribution in [2.24, 2.45) is 7.05 Å². The Morgan fingerprint density at radius 1 is 1.06 bits per heavy atom. The molecule has 3 aromatic carbocycles. The third-order valence-electron chi connectivity index (χ3n) is 6.37. The van der Waals surface area contributed by atoms with Gasteiger partial charge in [0.1, 0.15) is 0 Å². The van der Waals surface area contributed by atoms with Crippen molar-refractivity contribution in [2.45, 2.75) is 25.4 Å². The SMILES string of the molecule is C[C@@H](Cc1ccc(Cl)cc1Cl)N[C@H](C(=O)c1c[nH]c2cc(-c3cnn(C)c3)ccc12)c1ccccc1. The quantitative estimate of drug-likeness (QED) is 0.218. The van der Waals surface area contributed by atoms with Crippen molar-refractivity contribution < 1.29 is 4.79 Å². The van der Waals surface area contributed by atoms with Gasteiger partial charge >= 0.3 is 0 Å². The predicted octanol–water partition coefficient (Wildman–Crippen LogP) is 7.02. The Balaban J connectivity index is 1.44. The molecule has 2 heterocycles. The summed E-state index contributed by atoms with van der Waals surface area (Å²) < 4.78 is 1.78. The lowest BCUT2D eigenvalue weighted by Crippen LogP contribution is -2.36. The first kappa shape index (κ1) is 24.3. The summed E-state index contributed by atoms with van der Waals surface area (Å²) in [7, 11) is 1.89. The number of carbonyl (C=O) groups is 1. The summed E-state index contributed by atoms with van der Waals surface area (Å²) >= 11 is 12.5. The molecular formula is C29H26Cl2N4O. The number of hydrogen-bond acceptors (Lipinski definition) is 3. The summed E-state index contributed by atoms with van der Waals surface area (Å²) in [6.07, 6.45) is 6.27. The smallest absolute Gasteiger partial charge is 0.186 e. The van der Waals surface area contributed by atoms with Crippen molar-refractivity contribution in [3.63, 3.8) is 0 Å². The largest absolute Gasteiger partial charge is 0.360 e. The fourth-order valence-electron chi connectivity index (χ4n) is 4.56. The van der Waals surface area contributed by atoms with Crippen molar-refractivity contribution in [3.05, 3.63) is 112 Å². The molecule has 5 aromatic rings. The zero-order valence-corrected chi connectivity index (χ0v) is 21.5. The number of Topliss-reactive ketones (excluding diaryl/α,β-unsaturated/α-hetero) is 1. The Bertz CT molecular complexity index is 1520. The van der Waals surface area contributed by atoms with Gasteiger partial charge in [-0.1, -0.05) is 71.7 Å². The third kappa shape index (κ3) is 5.09. The Labute approximate surface area is 220 Å². The average molecular weight is 517 g/mol. The zero-order chi connectivity index (χ0) is 25.2. The number of ketones is 1. The molecule has 0 aliphatic rings. The number of halogens is 2. The third-order valence-corrected chi connectivity index (χ3v) is 6.96. The molecule has 0 saturated carbocycles. The summed E-state index contributed by atoms with van der Waals surface area (Å²) in [5.41, 5.74) is 5.53. The highest BCUT2D eigenvalue weighted by Crippen LogP contribution is 2.29. The lowest BCUT2D eigenvalue weighted by Gasteiger charge is -2.23. The molecule has 182 valence electrons. The molecule has 5 rings (SSSR count). The average Bonchev–Trinajstić information content (AvgIpc) is 3.50. The van der Waals surface area contributed by atoms with E-state index >= 15 is 0 Å². The molecule has 0 unspecified atom stereocenters. The summed E-state index contributed by atoms with van der Waals surface area (Å²) in [4.78, 5) is 17.2. The van der Waals surface area contributed by atoms with E-state index in [1.165, 1.54) is 0 Å². The molecule has 0 aliphatic carbocycles. The normalized spacial score (nSPS) is 13.1. The molecule has 0 aliphatic heterocycles. The molecule has 0 saturated heterocycles. The van der Waals surface area contributed by atoms with Gasteiger partial charge in [-0.2, -0.15) is 5.10 Å². The number of rotatable bonds is 8. The predicted molar refractivity (Wildman–Crippen MR) is 147 cm³/mol. The van der Waals surface area contributed by atoms with Gasteiger partial charge in [-0.3, -0.25) is 9.48 Å². The molecule has 0 radical (unpaired) electrons. The fraction of sp³-hybridized carbons (Fsp3) is 0.172. The van der Waals surface area contributed by atoms with Crippen LogP contribution in [0.3, 0.4) is 0 Å². The second-order valence-corrected chi connectivity index (χ2v) is 9.92. The number of aryl methyl sites for hydroxylation is 1. The number of nitrogens with zero attached hydrogens (tertiary/aromatic N) is 2. The molecule has 0 spiro atoms. The van der Waals surface area contributed by atoms with Gasteiger partial charge in [-0.05, 0) is 48.2 Å². The van der Waals surface area contributed by atoms with Gasteiger partial charge in [0.05, 0.1) is 12.2 Å². The Morgan fingerprint density at radius 2 is 1.86 bits per heavy atom. The molecule has 5 nitrogen and oxygen atoms in total. The first-order valence-corrected chi connectivity index (χ1v) is 12.5. The second-order valence-electron chi connectivity index (χ2n) is 9.08. The summed E-state index contributed by atoms with van der Waals surface area (Å²) in [5.74, 6) is 0.00984. The number of H-pyrrole nitrogens is 1. The van der Waals surface area contributed by atoms with Crippen molar-refractivity contribution >= 4 is 39.9 Å². The van der Waals surface area contributed by atoms with Gasteiger partial charge in [0.2, 0.25) is 0 Å². The van der Waals surface area contributed by atoms with Crippen LogP contribution in [0.5, 0.6) is 0 Å². The van der Waals surface area contributed by atoms with Gasteiger partial charge in [0.15, 0.2) is 5.78 Å². The van der Waals surface area contributed by atoms with Crippen LogP contribution in [0.15, 0.2) is 85.3 Å². The number of aromatic nitrogens is 3. The van der Waals surface area contributed by atoms with Crippen LogP contribution in [0.1, 0.15) is 34.5 Å². The standard InChI is InChI=1S/C29H26Cl2N4O/c1-18(12-21-8-10-23(30)14-26(21)31)34-28(19-6-4-3-5-7-19)29(36)25-16-32-27-13-20(9-11-24(25)27)22-15-33-35(2)17-22/h3-11,13-18,28,32,34H,12H2,1-2H3/t18-,28-/m0/s1. The molecule has 2 N–H and O–H groups in total. The van der Waals surface area contributed by atoms with Crippen LogP contribution in [0.25, 0.3) is 22.0 Å². The van der Waals surface area contributed by atoms with Crippen molar-refractivity contribution in [2.75, 3.05) is 0 Å². The maximum atomic E-state index is 13.9. The van der Waals surface area contributed by atoms with Crippen LogP contribution < -0.4 is 5.32 Å². The minimum atomic E-state index is -0.510. The van der Waals surface area contributed by atoms with Crippen molar-refractivity contribution in [1.82, 2.24) is 20.1 Å². The van der Waals surface area contributed by atoms with Crippen molar-refractivity contribution in [1.29, 1.82) is 0 Å². The Morgan fingerprint density at radius 3 is 2.58 bits per heavy atom. The number of fused-ring (bicyclic) bond motifs is 1. The maximum Gasteiger partial charge on any atom is 0.186 e. The van der Waals surface area contributed by atoms with Gasteiger partial charge in [0, 0.05) is 57.6 Å². The van der Waals surface area contributed by atoms with Crippen LogP contribution in [0.2, 0.25) is 10.0 Å². The van der Waals surface area contributed by atoms with Gasteiger partial charge < -0.3 is 10.3 Å². The minimum Gasteiger partial charge on any atom is -0.360 e. The molecule has 0 bridgehead atoms. The zero-order valence-electron chi connectivity index (χ0n) is 20.0. The van der Waals surface area contributed by atoms with Crippen LogP contribution in [0, 0.1) is 0 Å². The maximum absolute atomic E-state index is 13.9. The van der Waals surface area contributed by atoms with Gasteiger partial charge in [0.25, 0.3) is 0 Å². The molecule has 0 amide bonds. The fourth-order valence-corrected chi connectivity index (χ4v) is 5.05. The van der Waals surface area contributed by atoms with E-state index in [0.717, 1.165) is 33.2 Å². The number of nitrogens with one attached hydrogen (secondary N) is 2. The van der Waals surface area contributed by atoms with Crippen molar-refractivity contribution in [3.8, 4) is 11.1 Å². The second kappa shape index (κ2) is 10.3. The minimum absolute atomic E-state index is 0.00984. The molecule has 7 heteroatoms. The number of hydrogen-bond donors (Lipinski definition) is 2. The van der Waals surface area contributed by atoms with Crippen LogP contribution >= 0.6 is 23.2 Å². The van der Waals surface area contributed by atoms with E-state index in [-0.39, 0.29) is 11.8 Å². The Kier molecular flexibility index (Phi) is 6.97. The van der Waals surface area contributed by atoms with Gasteiger partial charge in [-0.15, -0.1) is 0 Å². The number of benzene rings is 3. The van der Waals surface area contributed by atoms with Crippen LogP contribution in [-0.4, -0.2) is 26.6 Å². The number of aromatic amines is 1. The molecule has 2 aromatic heterocycles. The highest BCUT2D eigenvalue weighted by Gasteiger charge is 2.26. The van der Waals surface area contributed by atoms with Crippen LogP contribution in [0.4, 0.5) is 0 Å². The van der Waals surface area contributed by atoms with Crippen LogP contribution in [-0.2, 0) is 13.5 Å². The summed E-state index contributed by atoms with van der Waals surface area (Å²) in [6, 6.07) is 20.9. The molecular weight excluding hydrogens is 491 g/mol. The van der Waals surface area contributed by atoms with E-state index in [0.29, 0.717) is 22.0 Å². The molecule has 0 fully saturated rings. The molecule has 36 heavy (non-hydrogen) atoms. The highest BCUT2D eigenvalue weighted by molar-refractivity contribution is 6.35. The lowest BCUT2D eigenvalue weighted by molar-refractivity contribution is 0.0938. The van der Waals surface area contributed by atoms with E-state index in [4.69, 9.17) is 23.2 Å². The van der Waals surface area contributed by atoms with E-state index in [1.54, 1.807) is 16.9 Å². The summed E-state index contributed by atoms with van der Waals surface area (Å²) in [5, 5.41) is 9.93. The monoisotopic (exact) mass is 516 g/mol. The first-order valence-electron chi connectivity index (χ1n) is 11.8. The first-order chi connectivity index (χ1) is 17.4.